The number of nitrogens with zero attached hydrogens (tertiary/aromatic N) is 1. The first-order valence-electron chi connectivity index (χ1n) is 6.47. The number of aryl methyl sites for hydroxylation is 1. The quantitative estimate of drug-likeness (QED) is 0.881. The molecular weight excluding hydrogens is 291 g/mol. The molecule has 2 rings (SSSR count). The maximum absolute atomic E-state index is 13.8. The highest BCUT2D eigenvalue weighted by molar-refractivity contribution is 7.19. The summed E-state index contributed by atoms with van der Waals surface area (Å²) in [4.78, 5) is 15.8. The fourth-order valence-corrected chi connectivity index (χ4v) is 2.48. The molecule has 0 saturated heterocycles. The van der Waals surface area contributed by atoms with Crippen molar-refractivity contribution in [3.63, 3.8) is 0 Å². The maximum atomic E-state index is 13.8. The number of carbonyl (C=O) groups is 1. The number of thiazole rings is 1. The summed E-state index contributed by atoms with van der Waals surface area (Å²) in [5, 5.41) is 3.63. The Bertz CT molecular complexity index is 662. The smallest absolute Gasteiger partial charge is 0.412 e. The highest BCUT2D eigenvalue weighted by Gasteiger charge is 2.17. The Morgan fingerprint density at radius 2 is 2.10 bits per heavy atom. The zero-order chi connectivity index (χ0) is 15.6. The van der Waals surface area contributed by atoms with Crippen molar-refractivity contribution in [2.45, 2.75) is 33.3 Å². The Balaban J connectivity index is 2.15. The number of ether oxygens (including phenoxy) is 1. The molecule has 1 amide bonds. The van der Waals surface area contributed by atoms with E-state index in [4.69, 9.17) is 4.74 Å². The number of rotatable bonds is 2. The summed E-state index contributed by atoms with van der Waals surface area (Å²) in [6.07, 6.45) is 0.938. The van der Waals surface area contributed by atoms with Crippen LogP contribution in [0.4, 0.5) is 14.2 Å². The van der Waals surface area contributed by atoms with Crippen molar-refractivity contribution in [3.05, 3.63) is 35.8 Å². The Labute approximate surface area is 127 Å². The van der Waals surface area contributed by atoms with Gasteiger partial charge in [0.1, 0.15) is 21.4 Å². The standard InChI is InChI=1S/C15H17FN2O2S/c1-9-5-6-11(16)10(7-9)13-17-8-12(21-13)18-14(19)20-15(2,3)4/h5-8H,1-4H3,(H,18,19). The van der Waals surface area contributed by atoms with E-state index in [1.165, 1.54) is 23.6 Å². The number of hydrogen-bond donors (Lipinski definition) is 1. The summed E-state index contributed by atoms with van der Waals surface area (Å²) >= 11 is 1.20. The van der Waals surface area contributed by atoms with Gasteiger partial charge in [-0.15, -0.1) is 0 Å². The van der Waals surface area contributed by atoms with E-state index in [9.17, 15) is 9.18 Å². The average Bonchev–Trinajstić information content (AvgIpc) is 2.78. The lowest BCUT2D eigenvalue weighted by molar-refractivity contribution is 0.0636. The summed E-state index contributed by atoms with van der Waals surface area (Å²) in [6, 6.07) is 4.84. The number of halogens is 1. The van der Waals surface area contributed by atoms with Gasteiger partial charge in [-0.25, -0.2) is 14.2 Å². The molecule has 0 aliphatic heterocycles. The average molecular weight is 308 g/mol. The Morgan fingerprint density at radius 3 is 2.76 bits per heavy atom. The molecule has 0 radical (unpaired) electrons. The van der Waals surface area contributed by atoms with Crippen LogP contribution in [0, 0.1) is 12.7 Å². The Hall–Kier alpha value is -1.95. The molecule has 1 N–H and O–H groups in total. The van der Waals surface area contributed by atoms with Gasteiger partial charge in [-0.1, -0.05) is 23.0 Å². The van der Waals surface area contributed by atoms with Crippen molar-refractivity contribution in [1.29, 1.82) is 0 Å². The second-order valence-corrected chi connectivity index (χ2v) is 6.67. The van der Waals surface area contributed by atoms with Gasteiger partial charge in [-0.3, -0.25) is 5.32 Å². The van der Waals surface area contributed by atoms with Crippen molar-refractivity contribution < 1.29 is 13.9 Å². The van der Waals surface area contributed by atoms with Crippen LogP contribution in [0.5, 0.6) is 0 Å². The monoisotopic (exact) mass is 308 g/mol. The summed E-state index contributed by atoms with van der Waals surface area (Å²) < 4.78 is 19.0. The molecule has 0 atom stereocenters. The molecular formula is C15H17FN2O2S. The third-order valence-corrected chi connectivity index (χ3v) is 3.43. The van der Waals surface area contributed by atoms with Gasteiger partial charge in [-0.2, -0.15) is 0 Å². The molecule has 1 aromatic carbocycles. The minimum atomic E-state index is -0.569. The molecule has 1 heterocycles. The van der Waals surface area contributed by atoms with E-state index in [1.807, 2.05) is 6.92 Å². The summed E-state index contributed by atoms with van der Waals surface area (Å²) in [5.74, 6) is -0.334. The van der Waals surface area contributed by atoms with Gasteiger partial charge in [0.25, 0.3) is 0 Å². The van der Waals surface area contributed by atoms with Crippen molar-refractivity contribution in [2.75, 3.05) is 5.32 Å². The zero-order valence-corrected chi connectivity index (χ0v) is 13.2. The van der Waals surface area contributed by atoms with Crippen LogP contribution in [0.25, 0.3) is 10.6 Å². The second-order valence-electron chi connectivity index (χ2n) is 5.64. The van der Waals surface area contributed by atoms with Gasteiger partial charge in [0.05, 0.1) is 6.20 Å². The van der Waals surface area contributed by atoms with E-state index < -0.39 is 11.7 Å². The minimum Gasteiger partial charge on any atom is -0.444 e. The predicted molar refractivity (Wildman–Crippen MR) is 82.1 cm³/mol. The predicted octanol–water partition coefficient (Wildman–Crippen LogP) is 4.60. The molecule has 0 bridgehead atoms. The molecule has 21 heavy (non-hydrogen) atoms. The van der Waals surface area contributed by atoms with Gasteiger partial charge in [0.15, 0.2) is 0 Å². The fraction of sp³-hybridized carbons (Fsp3) is 0.333. The minimum absolute atomic E-state index is 0.334. The molecule has 2 aromatic rings. The fourth-order valence-electron chi connectivity index (χ4n) is 1.66. The largest absolute Gasteiger partial charge is 0.444 e. The molecule has 0 unspecified atom stereocenters. The van der Waals surface area contributed by atoms with E-state index in [2.05, 4.69) is 10.3 Å². The molecule has 6 heteroatoms. The highest BCUT2D eigenvalue weighted by Crippen LogP contribution is 2.31. The molecule has 0 aliphatic carbocycles. The number of carbonyl (C=O) groups excluding carboxylic acids is 1. The lowest BCUT2D eigenvalue weighted by Crippen LogP contribution is -2.26. The number of nitrogens with one attached hydrogen (secondary N) is 1. The van der Waals surface area contributed by atoms with Crippen molar-refractivity contribution in [2.24, 2.45) is 0 Å². The van der Waals surface area contributed by atoms with Crippen LogP contribution in [-0.4, -0.2) is 16.7 Å². The lowest BCUT2D eigenvalue weighted by Gasteiger charge is -2.19. The first-order chi connectivity index (χ1) is 9.74. The van der Waals surface area contributed by atoms with E-state index in [0.717, 1.165) is 5.56 Å². The first kappa shape index (κ1) is 15.4. The first-order valence-corrected chi connectivity index (χ1v) is 7.28. The molecule has 0 aliphatic rings. The van der Waals surface area contributed by atoms with E-state index in [1.54, 1.807) is 32.9 Å². The topological polar surface area (TPSA) is 51.2 Å². The molecule has 0 spiro atoms. The molecule has 112 valence electrons. The van der Waals surface area contributed by atoms with Gasteiger partial charge in [-0.05, 0) is 39.8 Å². The zero-order valence-electron chi connectivity index (χ0n) is 12.4. The number of benzene rings is 1. The number of aromatic nitrogens is 1. The second kappa shape index (κ2) is 5.81. The van der Waals surface area contributed by atoms with Gasteiger partial charge in [0.2, 0.25) is 0 Å². The van der Waals surface area contributed by atoms with Gasteiger partial charge < -0.3 is 4.74 Å². The van der Waals surface area contributed by atoms with Gasteiger partial charge in [0, 0.05) is 5.56 Å². The maximum Gasteiger partial charge on any atom is 0.412 e. The Morgan fingerprint density at radius 1 is 1.38 bits per heavy atom. The number of anilines is 1. The van der Waals surface area contributed by atoms with E-state index >= 15 is 0 Å². The molecule has 1 aromatic heterocycles. The lowest BCUT2D eigenvalue weighted by atomic mass is 10.1. The summed E-state index contributed by atoms with van der Waals surface area (Å²) in [6.45, 7) is 7.24. The van der Waals surface area contributed by atoms with Crippen LogP contribution in [0.15, 0.2) is 24.4 Å². The van der Waals surface area contributed by atoms with Crippen molar-refractivity contribution >= 4 is 22.4 Å². The van der Waals surface area contributed by atoms with Crippen molar-refractivity contribution in [3.8, 4) is 10.6 Å². The van der Waals surface area contributed by atoms with Crippen molar-refractivity contribution in [1.82, 2.24) is 4.98 Å². The van der Waals surface area contributed by atoms with E-state index in [-0.39, 0.29) is 5.82 Å². The number of hydrogen-bond acceptors (Lipinski definition) is 4. The van der Waals surface area contributed by atoms with Crippen LogP contribution in [0.1, 0.15) is 26.3 Å². The van der Waals surface area contributed by atoms with Crippen LogP contribution in [0.3, 0.4) is 0 Å². The SMILES string of the molecule is Cc1ccc(F)c(-c2ncc(NC(=O)OC(C)(C)C)s2)c1. The van der Waals surface area contributed by atoms with Crippen LogP contribution in [0.2, 0.25) is 0 Å². The summed E-state index contributed by atoms with van der Waals surface area (Å²) in [7, 11) is 0. The van der Waals surface area contributed by atoms with Crippen LogP contribution in [-0.2, 0) is 4.74 Å². The van der Waals surface area contributed by atoms with Crippen LogP contribution >= 0.6 is 11.3 Å². The third kappa shape index (κ3) is 4.26. The van der Waals surface area contributed by atoms with Crippen LogP contribution < -0.4 is 5.32 Å². The third-order valence-electron chi connectivity index (χ3n) is 2.48. The highest BCUT2D eigenvalue weighted by atomic mass is 32.1. The molecule has 0 saturated carbocycles. The normalized spacial score (nSPS) is 11.3. The molecule has 4 nitrogen and oxygen atoms in total. The number of amides is 1. The van der Waals surface area contributed by atoms with E-state index in [0.29, 0.717) is 15.6 Å². The summed E-state index contributed by atoms with van der Waals surface area (Å²) in [5.41, 5.74) is 0.806. The Kier molecular flexibility index (Phi) is 4.27. The molecule has 0 fully saturated rings. The van der Waals surface area contributed by atoms with Gasteiger partial charge >= 0.3 is 6.09 Å².